The van der Waals surface area contributed by atoms with Crippen LogP contribution in [0.5, 0.6) is 0 Å². The second-order valence-electron chi connectivity index (χ2n) is 14.1. The number of alkyl carbamates (subject to hydrolysis) is 1. The molecule has 2 aliphatic rings. The van der Waals surface area contributed by atoms with Gasteiger partial charge >= 0.3 is 12.2 Å². The smallest absolute Gasteiger partial charge is 0.407 e. The number of H-pyrrole nitrogens is 2. The summed E-state index contributed by atoms with van der Waals surface area (Å²) in [6.07, 6.45) is 4.86. The van der Waals surface area contributed by atoms with Gasteiger partial charge in [0.2, 0.25) is 11.8 Å². The molecule has 1 aromatic carbocycles. The number of aromatic amines is 2. The molecule has 16 nitrogen and oxygen atoms in total. The van der Waals surface area contributed by atoms with Crippen LogP contribution in [-0.2, 0) is 14.3 Å². The molecule has 0 spiro atoms. The fraction of sp³-hybridized carbons (Fsp3) is 0.486. The summed E-state index contributed by atoms with van der Waals surface area (Å²) < 4.78 is 6.66. The van der Waals surface area contributed by atoms with Gasteiger partial charge in [-0.2, -0.15) is 0 Å². The zero-order chi connectivity index (χ0) is 37.6. The van der Waals surface area contributed by atoms with Crippen molar-refractivity contribution in [2.45, 2.75) is 77.5 Å². The Bertz CT molecular complexity index is 2120. The molecular weight excluding hydrogens is 721 g/mol. The number of hydrogen-bond donors (Lipinski definition) is 5. The van der Waals surface area contributed by atoms with Crippen molar-refractivity contribution in [1.29, 1.82) is 0 Å². The van der Waals surface area contributed by atoms with Crippen LogP contribution in [0.3, 0.4) is 0 Å². The molecule has 0 radical (unpaired) electrons. The molecule has 0 aliphatic carbocycles. The monoisotopic (exact) mass is 762 g/mol. The first-order valence-electron chi connectivity index (χ1n) is 17.7. The molecule has 18 heteroatoms. The normalized spacial score (nSPS) is 18.7. The Hall–Kier alpha value is -5.10. The summed E-state index contributed by atoms with van der Waals surface area (Å²) in [5.41, 5.74) is 3.00. The first-order chi connectivity index (χ1) is 25.4. The lowest BCUT2D eigenvalue weighted by atomic mass is 10.0. The first kappa shape index (κ1) is 36.3. The van der Waals surface area contributed by atoms with Gasteiger partial charge in [0.1, 0.15) is 45.1 Å². The molecule has 2 aliphatic heterocycles. The van der Waals surface area contributed by atoms with Crippen LogP contribution in [0.2, 0.25) is 0 Å². The van der Waals surface area contributed by atoms with E-state index in [1.807, 2.05) is 46.0 Å². The number of benzene rings is 1. The van der Waals surface area contributed by atoms with Gasteiger partial charge in [-0.3, -0.25) is 9.59 Å². The van der Waals surface area contributed by atoms with Gasteiger partial charge in [-0.05, 0) is 49.7 Å². The summed E-state index contributed by atoms with van der Waals surface area (Å²) in [7, 11) is 1.28. The van der Waals surface area contributed by atoms with Crippen LogP contribution >= 0.6 is 22.7 Å². The Morgan fingerprint density at radius 3 is 1.64 bits per heavy atom. The molecule has 7 rings (SSSR count). The van der Waals surface area contributed by atoms with E-state index in [0.717, 1.165) is 56.1 Å². The third-order valence-corrected chi connectivity index (χ3v) is 11.9. The Morgan fingerprint density at radius 2 is 1.23 bits per heavy atom. The van der Waals surface area contributed by atoms with E-state index in [-0.39, 0.29) is 35.7 Å². The zero-order valence-corrected chi connectivity index (χ0v) is 31.6. The van der Waals surface area contributed by atoms with Gasteiger partial charge < -0.3 is 40.2 Å². The Labute approximate surface area is 312 Å². The predicted octanol–water partition coefficient (Wildman–Crippen LogP) is 5.69. The number of likely N-dealkylation sites (tertiary alicyclic amines) is 2. The lowest BCUT2D eigenvalue weighted by molar-refractivity contribution is -0.136. The molecule has 280 valence electrons. The van der Waals surface area contributed by atoms with Crippen molar-refractivity contribution in [1.82, 2.24) is 50.3 Å². The number of imidazole rings is 2. The summed E-state index contributed by atoms with van der Waals surface area (Å²) in [5, 5.41) is 15.8. The quantitative estimate of drug-likeness (QED) is 0.117. The predicted molar refractivity (Wildman–Crippen MR) is 199 cm³/mol. The lowest BCUT2D eigenvalue weighted by Gasteiger charge is -2.29. The van der Waals surface area contributed by atoms with E-state index in [1.165, 1.54) is 29.8 Å². The molecule has 5 N–H and O–H groups in total. The third kappa shape index (κ3) is 7.16. The van der Waals surface area contributed by atoms with Gasteiger partial charge in [0.15, 0.2) is 0 Å². The molecule has 0 saturated carbocycles. The highest BCUT2D eigenvalue weighted by Gasteiger charge is 2.39. The molecule has 1 unspecified atom stereocenters. The topological polar surface area (TPSA) is 211 Å². The third-order valence-electron chi connectivity index (χ3n) is 9.84. The second kappa shape index (κ2) is 14.7. The van der Waals surface area contributed by atoms with Crippen LogP contribution in [0.1, 0.15) is 77.1 Å². The molecule has 2 fully saturated rings. The van der Waals surface area contributed by atoms with Gasteiger partial charge in [0.05, 0.1) is 39.6 Å². The fourth-order valence-electron chi connectivity index (χ4n) is 7.14. The number of methoxy groups -OCH3 is 1. The van der Waals surface area contributed by atoms with Crippen LogP contribution in [0.4, 0.5) is 9.59 Å². The number of hydrogen-bond acceptors (Lipinski definition) is 11. The van der Waals surface area contributed by atoms with Crippen molar-refractivity contribution in [3.8, 4) is 21.4 Å². The van der Waals surface area contributed by atoms with E-state index >= 15 is 0 Å². The number of carboxylic acid groups (broad SMARTS) is 1. The average molecular weight is 763 g/mol. The van der Waals surface area contributed by atoms with Gasteiger partial charge in [-0.25, -0.2) is 29.5 Å². The van der Waals surface area contributed by atoms with Gasteiger partial charge in [0.25, 0.3) is 0 Å². The van der Waals surface area contributed by atoms with Gasteiger partial charge in [-0.1, -0.05) is 27.7 Å². The summed E-state index contributed by atoms with van der Waals surface area (Å²) in [6.45, 7) is 8.52. The van der Waals surface area contributed by atoms with E-state index in [2.05, 4.69) is 20.6 Å². The SMILES string of the molecule is COC(=O)N[C@H](C(=O)N1CCCC1c1nc(-c2nc3cc4sc(-c5c[nH]c([C@@H]6CCCN6C(=O)[C@@H](NC(=O)O)C(C)C)n5)nc4cc3s2)c[nH]1)C(C)C. The fourth-order valence-corrected chi connectivity index (χ4v) is 9.02. The van der Waals surface area contributed by atoms with Crippen molar-refractivity contribution in [3.63, 3.8) is 0 Å². The molecule has 5 aromatic rings. The molecule has 4 atom stereocenters. The number of nitrogens with one attached hydrogen (secondary N) is 4. The largest absolute Gasteiger partial charge is 0.465 e. The van der Waals surface area contributed by atoms with Gasteiger partial charge in [-0.15, -0.1) is 22.7 Å². The first-order valence-corrected chi connectivity index (χ1v) is 19.3. The van der Waals surface area contributed by atoms with Crippen LogP contribution in [0, 0.1) is 11.8 Å². The van der Waals surface area contributed by atoms with Crippen molar-refractivity contribution < 1.29 is 29.0 Å². The van der Waals surface area contributed by atoms with Crippen LogP contribution < -0.4 is 10.6 Å². The molecule has 4 amide bonds. The number of ether oxygens (including phenoxy) is 1. The van der Waals surface area contributed by atoms with Gasteiger partial charge in [0, 0.05) is 25.5 Å². The standard InChI is InChI=1S/C35H42N10O6S2/c1-16(2)26(42-34(48)49)32(46)44-10-6-8-22(44)28-36-14-20(38-28)30-40-18-12-25-19(13-24(18)52-30)41-31(53-25)21-15-37-29(39-21)23-9-7-11-45(23)33(47)27(17(3)4)43-35(50)51-5/h12-17,22-23,26-27,42H,6-11H2,1-5H3,(H,36,38)(H,37,39)(H,43,50)(H,48,49)/t22-,23?,26-,27-/m0/s1. The highest BCUT2D eigenvalue weighted by atomic mass is 32.1. The van der Waals surface area contributed by atoms with E-state index in [4.69, 9.17) is 24.7 Å². The number of thiazole rings is 2. The number of fused-ring (bicyclic) bond motifs is 2. The molecule has 6 heterocycles. The Morgan fingerprint density at radius 1 is 0.774 bits per heavy atom. The van der Waals surface area contributed by atoms with Crippen molar-refractivity contribution in [2.24, 2.45) is 11.8 Å². The average Bonchev–Trinajstić information content (AvgIpc) is 3.96. The highest BCUT2D eigenvalue weighted by Crippen LogP contribution is 2.39. The van der Waals surface area contributed by atoms with E-state index in [9.17, 15) is 24.3 Å². The summed E-state index contributed by atoms with van der Waals surface area (Å²) in [5.74, 6) is 0.595. The number of amides is 4. The van der Waals surface area contributed by atoms with Crippen molar-refractivity contribution in [2.75, 3.05) is 20.2 Å². The summed E-state index contributed by atoms with van der Waals surface area (Å²) in [4.78, 5) is 79.8. The number of aromatic nitrogens is 6. The molecule has 2 saturated heterocycles. The number of carbonyl (C=O) groups is 4. The lowest BCUT2D eigenvalue weighted by Crippen LogP contribution is -2.51. The minimum atomic E-state index is -1.22. The molecular formula is C35H42N10O6S2. The molecule has 4 aromatic heterocycles. The van der Waals surface area contributed by atoms with Crippen molar-refractivity contribution >= 4 is 67.1 Å². The highest BCUT2D eigenvalue weighted by molar-refractivity contribution is 7.23. The Balaban J connectivity index is 1.07. The number of rotatable bonds is 10. The molecule has 0 bridgehead atoms. The maximum absolute atomic E-state index is 13.6. The van der Waals surface area contributed by atoms with E-state index < -0.39 is 24.3 Å². The van der Waals surface area contributed by atoms with Crippen LogP contribution in [0.25, 0.3) is 41.8 Å². The Kier molecular flexibility index (Phi) is 10.1. The summed E-state index contributed by atoms with van der Waals surface area (Å²) >= 11 is 3.01. The van der Waals surface area contributed by atoms with Crippen LogP contribution in [0.15, 0.2) is 24.5 Å². The second-order valence-corrected chi connectivity index (χ2v) is 16.1. The molecule has 53 heavy (non-hydrogen) atoms. The number of nitrogens with zero attached hydrogens (tertiary/aromatic N) is 6. The van der Waals surface area contributed by atoms with Crippen LogP contribution in [-0.4, -0.2) is 101 Å². The minimum Gasteiger partial charge on any atom is -0.465 e. The maximum Gasteiger partial charge on any atom is 0.407 e. The zero-order valence-electron chi connectivity index (χ0n) is 30.0. The number of carbonyl (C=O) groups excluding carboxylic acids is 3. The maximum atomic E-state index is 13.6. The minimum absolute atomic E-state index is 0.122. The summed E-state index contributed by atoms with van der Waals surface area (Å²) in [6, 6.07) is 1.97. The van der Waals surface area contributed by atoms with E-state index in [1.54, 1.807) is 16.0 Å². The van der Waals surface area contributed by atoms with E-state index in [0.29, 0.717) is 36.1 Å². The van der Waals surface area contributed by atoms with Crippen molar-refractivity contribution in [3.05, 3.63) is 36.2 Å².